The van der Waals surface area contributed by atoms with Crippen molar-refractivity contribution >= 4 is 17.7 Å². The van der Waals surface area contributed by atoms with Crippen molar-refractivity contribution in [3.05, 3.63) is 29.8 Å². The van der Waals surface area contributed by atoms with Crippen molar-refractivity contribution in [2.45, 2.75) is 97.0 Å². The second-order valence-electron chi connectivity index (χ2n) is 11.3. The molecule has 1 aliphatic carbocycles. The average Bonchev–Trinajstić information content (AvgIpc) is 3.66. The number of nitrogens with one attached hydrogen (secondary N) is 2. The maximum absolute atomic E-state index is 13.6. The Morgan fingerprint density at radius 1 is 1.03 bits per heavy atom. The number of nitrogens with two attached hydrogens (primary N) is 1. The quantitative estimate of drug-likeness (QED) is 0.532. The van der Waals surface area contributed by atoms with E-state index >= 15 is 0 Å². The number of hydrazine groups is 1. The van der Waals surface area contributed by atoms with Crippen molar-refractivity contribution in [3.8, 4) is 5.75 Å². The number of rotatable bonds is 3. The fraction of sp³-hybridized carbons (Fsp3) is 0.679. The van der Waals surface area contributed by atoms with Crippen molar-refractivity contribution < 1.29 is 19.1 Å². The number of benzene rings is 1. The molecule has 5 atom stereocenters. The number of ether oxygens (including phenoxy) is 1. The molecule has 4 N–H and O–H groups in total. The van der Waals surface area contributed by atoms with Gasteiger partial charge in [0.2, 0.25) is 17.7 Å². The third-order valence-electron chi connectivity index (χ3n) is 7.33. The minimum absolute atomic E-state index is 0.0936. The zero-order valence-electron chi connectivity index (χ0n) is 23.2. The Morgan fingerprint density at radius 2 is 1.70 bits per heavy atom. The molecule has 3 rings (SSSR count). The maximum Gasteiger partial charge on any atom is 0.243 e. The van der Waals surface area contributed by atoms with Gasteiger partial charge < -0.3 is 20.3 Å². The minimum Gasteiger partial charge on any atom is -0.489 e. The molecule has 37 heavy (non-hydrogen) atoms. The lowest BCUT2D eigenvalue weighted by Gasteiger charge is -2.34. The molecular weight excluding hydrogens is 470 g/mol. The van der Waals surface area contributed by atoms with Gasteiger partial charge in [0.05, 0.1) is 6.54 Å². The van der Waals surface area contributed by atoms with Gasteiger partial charge in [-0.05, 0) is 76.3 Å². The molecule has 9 heteroatoms. The van der Waals surface area contributed by atoms with Gasteiger partial charge in [0.1, 0.15) is 30.0 Å². The molecular formula is C28H45N5O4. The van der Waals surface area contributed by atoms with Crippen molar-refractivity contribution in [1.29, 1.82) is 0 Å². The van der Waals surface area contributed by atoms with Gasteiger partial charge in [-0.1, -0.05) is 32.0 Å². The molecule has 1 aromatic carbocycles. The van der Waals surface area contributed by atoms with Crippen LogP contribution >= 0.6 is 0 Å². The first-order valence-corrected chi connectivity index (χ1v) is 13.6. The van der Waals surface area contributed by atoms with Crippen LogP contribution in [-0.2, 0) is 20.8 Å². The van der Waals surface area contributed by atoms with E-state index in [0.29, 0.717) is 13.0 Å². The minimum atomic E-state index is -0.749. The standard InChI is InChI=1S/C28H45N5O4/c1-17(2)15-23-27(35)30-18(3)11-12-21-9-7-8-10-24(21)37-19(4)16-33(29)25(22-13-14-22)28(36)32(6)20(5)26(34)31-23/h7-10,17-20,22-23,25H,11-16,29H2,1-6H3,(H,30,35)(H,31,34)/t18-,19+,20+,23+,25-/m0/s1. The lowest BCUT2D eigenvalue weighted by molar-refractivity contribution is -0.144. The summed E-state index contributed by atoms with van der Waals surface area (Å²) in [6.45, 7) is 10.0. The Hall–Kier alpha value is -2.65. The summed E-state index contributed by atoms with van der Waals surface area (Å²) in [7, 11) is 1.63. The number of hydrogen-bond donors (Lipinski definition) is 3. The number of nitrogens with zero attached hydrogens (tertiary/aromatic N) is 2. The zero-order chi connectivity index (χ0) is 27.3. The molecule has 1 aromatic rings. The molecule has 1 fully saturated rings. The van der Waals surface area contributed by atoms with Crippen molar-refractivity contribution in [2.75, 3.05) is 13.6 Å². The van der Waals surface area contributed by atoms with E-state index in [1.807, 2.05) is 52.0 Å². The monoisotopic (exact) mass is 515 g/mol. The molecule has 9 nitrogen and oxygen atoms in total. The van der Waals surface area contributed by atoms with Crippen molar-refractivity contribution in [3.63, 3.8) is 0 Å². The SMILES string of the molecule is CC(C)C[C@H]1NC(=O)[C@@H](C)N(C)C(=O)[C@H](C2CC2)N(N)C[C@@H](C)Oc2ccccc2CC[C@H](C)NC1=O. The summed E-state index contributed by atoms with van der Waals surface area (Å²) in [6, 6.07) is 5.84. The predicted molar refractivity (Wildman–Crippen MR) is 143 cm³/mol. The number of fused-ring (bicyclic) bond motifs is 1. The molecule has 1 saturated carbocycles. The molecule has 0 radical (unpaired) electrons. The Bertz CT molecular complexity index is 950. The van der Waals surface area contributed by atoms with Gasteiger partial charge in [0.15, 0.2) is 0 Å². The van der Waals surface area contributed by atoms with Crippen LogP contribution in [0.3, 0.4) is 0 Å². The highest BCUT2D eigenvalue weighted by molar-refractivity contribution is 5.93. The topological polar surface area (TPSA) is 117 Å². The molecule has 1 aliphatic heterocycles. The number of para-hydroxylation sites is 1. The number of aryl methyl sites for hydroxylation is 1. The largest absolute Gasteiger partial charge is 0.489 e. The number of hydrogen-bond acceptors (Lipinski definition) is 6. The third-order valence-corrected chi connectivity index (χ3v) is 7.33. The van der Waals surface area contributed by atoms with Crippen LogP contribution in [0.4, 0.5) is 0 Å². The van der Waals surface area contributed by atoms with E-state index in [4.69, 9.17) is 10.6 Å². The number of likely N-dealkylation sites (N-methyl/N-ethyl adjacent to an activating group) is 1. The maximum atomic E-state index is 13.6. The summed E-state index contributed by atoms with van der Waals surface area (Å²) in [4.78, 5) is 41.4. The van der Waals surface area contributed by atoms with Crippen LogP contribution in [0.2, 0.25) is 0 Å². The van der Waals surface area contributed by atoms with Crippen LogP contribution in [0.15, 0.2) is 24.3 Å². The van der Waals surface area contributed by atoms with Gasteiger partial charge >= 0.3 is 0 Å². The first kappa shape index (κ1) is 28.9. The average molecular weight is 516 g/mol. The number of carbonyl (C=O) groups excluding carboxylic acids is 3. The molecule has 206 valence electrons. The van der Waals surface area contributed by atoms with E-state index in [0.717, 1.165) is 37.0 Å². The van der Waals surface area contributed by atoms with Gasteiger partial charge in [0, 0.05) is 13.1 Å². The molecule has 0 aromatic heterocycles. The lowest BCUT2D eigenvalue weighted by Crippen LogP contribution is -2.59. The summed E-state index contributed by atoms with van der Waals surface area (Å²) in [5.41, 5.74) is 1.05. The van der Waals surface area contributed by atoms with Crippen LogP contribution in [0, 0.1) is 11.8 Å². The van der Waals surface area contributed by atoms with E-state index in [2.05, 4.69) is 10.6 Å². The summed E-state index contributed by atoms with van der Waals surface area (Å²) < 4.78 is 6.28. The van der Waals surface area contributed by atoms with E-state index in [1.54, 1.807) is 19.0 Å². The molecule has 3 amide bonds. The highest BCUT2D eigenvalue weighted by Gasteiger charge is 2.42. The summed E-state index contributed by atoms with van der Waals surface area (Å²) in [5.74, 6) is 6.87. The van der Waals surface area contributed by atoms with Crippen LogP contribution in [0.1, 0.15) is 65.9 Å². The molecule has 1 heterocycles. The van der Waals surface area contributed by atoms with Crippen LogP contribution in [-0.4, -0.2) is 71.5 Å². The van der Waals surface area contributed by atoms with E-state index < -0.39 is 18.1 Å². The van der Waals surface area contributed by atoms with Gasteiger partial charge in [-0.25, -0.2) is 5.01 Å². The van der Waals surface area contributed by atoms with Crippen molar-refractivity contribution in [2.24, 2.45) is 17.7 Å². The fourth-order valence-electron chi connectivity index (χ4n) is 4.87. The highest BCUT2D eigenvalue weighted by atomic mass is 16.5. The van der Waals surface area contributed by atoms with Gasteiger partial charge in [0.25, 0.3) is 0 Å². The molecule has 0 unspecified atom stereocenters. The van der Waals surface area contributed by atoms with Gasteiger partial charge in [-0.3, -0.25) is 20.2 Å². The summed E-state index contributed by atoms with van der Waals surface area (Å²) in [6.07, 6.45) is 3.55. The predicted octanol–water partition coefficient (Wildman–Crippen LogP) is 2.24. The highest BCUT2D eigenvalue weighted by Crippen LogP contribution is 2.36. The molecule has 0 spiro atoms. The Kier molecular flexibility index (Phi) is 9.95. The molecule has 0 saturated heterocycles. The van der Waals surface area contributed by atoms with E-state index in [9.17, 15) is 14.4 Å². The number of amides is 3. The van der Waals surface area contributed by atoms with Crippen molar-refractivity contribution in [1.82, 2.24) is 20.5 Å². The smallest absolute Gasteiger partial charge is 0.243 e. The first-order chi connectivity index (χ1) is 17.5. The second-order valence-corrected chi connectivity index (χ2v) is 11.3. The third kappa shape index (κ3) is 7.92. The second kappa shape index (κ2) is 12.7. The van der Waals surface area contributed by atoms with Crippen LogP contribution < -0.4 is 21.2 Å². The van der Waals surface area contributed by atoms with Crippen LogP contribution in [0.5, 0.6) is 5.75 Å². The number of carbonyl (C=O) groups is 3. The Labute approximate surface area is 221 Å². The van der Waals surface area contributed by atoms with Gasteiger partial charge in [-0.2, -0.15) is 0 Å². The Morgan fingerprint density at radius 3 is 2.35 bits per heavy atom. The normalized spacial score (nSPS) is 29.6. The van der Waals surface area contributed by atoms with Crippen LogP contribution in [0.25, 0.3) is 0 Å². The Balaban J connectivity index is 1.90. The van der Waals surface area contributed by atoms with E-state index in [1.165, 1.54) is 4.90 Å². The summed E-state index contributed by atoms with van der Waals surface area (Å²) in [5, 5.41) is 7.56. The zero-order valence-corrected chi connectivity index (χ0v) is 23.2. The summed E-state index contributed by atoms with van der Waals surface area (Å²) >= 11 is 0. The lowest BCUT2D eigenvalue weighted by atomic mass is 10.0. The fourth-order valence-corrected chi connectivity index (χ4v) is 4.87. The van der Waals surface area contributed by atoms with Gasteiger partial charge in [-0.15, -0.1) is 0 Å². The first-order valence-electron chi connectivity index (χ1n) is 13.6. The molecule has 0 bridgehead atoms. The molecule has 2 aliphatic rings. The van der Waals surface area contributed by atoms with E-state index in [-0.39, 0.29) is 41.7 Å².